The minimum Gasteiger partial charge on any atom is -0.381 e. The van der Waals surface area contributed by atoms with Gasteiger partial charge in [-0.3, -0.25) is 9.89 Å². The molecule has 0 aromatic carbocycles. The molecular weight excluding hydrogens is 290 g/mol. The van der Waals surface area contributed by atoms with E-state index in [2.05, 4.69) is 46.3 Å². The van der Waals surface area contributed by atoms with E-state index >= 15 is 0 Å². The fraction of sp³-hybridized carbons (Fsp3) is 0.941. The minimum atomic E-state index is 0.527. The van der Waals surface area contributed by atoms with Gasteiger partial charge in [-0.05, 0) is 26.8 Å². The third-order valence-electron chi connectivity index (χ3n) is 4.35. The first kappa shape index (κ1) is 20.2. The lowest BCUT2D eigenvalue weighted by atomic mass is 10.2. The summed E-state index contributed by atoms with van der Waals surface area (Å²) in [5, 5.41) is 6.79. The van der Waals surface area contributed by atoms with Gasteiger partial charge in [0, 0.05) is 65.6 Å². The quantitative estimate of drug-likeness (QED) is 0.356. The molecule has 2 N–H and O–H groups in total. The first-order chi connectivity index (χ1) is 11.2. The highest BCUT2D eigenvalue weighted by Gasteiger charge is 2.18. The van der Waals surface area contributed by atoms with Gasteiger partial charge in [0.15, 0.2) is 5.96 Å². The lowest BCUT2D eigenvalue weighted by Crippen LogP contribution is -2.52. The molecule has 0 spiro atoms. The van der Waals surface area contributed by atoms with Crippen LogP contribution in [0.3, 0.4) is 0 Å². The molecule has 6 heteroatoms. The van der Waals surface area contributed by atoms with Crippen LogP contribution in [0.4, 0.5) is 0 Å². The molecule has 23 heavy (non-hydrogen) atoms. The Morgan fingerprint density at radius 2 is 1.83 bits per heavy atom. The maximum Gasteiger partial charge on any atom is 0.191 e. The van der Waals surface area contributed by atoms with Crippen LogP contribution in [0.1, 0.15) is 33.1 Å². The van der Waals surface area contributed by atoms with Crippen molar-refractivity contribution in [1.29, 1.82) is 0 Å². The largest absolute Gasteiger partial charge is 0.381 e. The van der Waals surface area contributed by atoms with E-state index in [1.807, 2.05) is 7.05 Å². The highest BCUT2D eigenvalue weighted by molar-refractivity contribution is 5.79. The summed E-state index contributed by atoms with van der Waals surface area (Å²) < 4.78 is 5.56. The topological polar surface area (TPSA) is 52.1 Å². The first-order valence-electron chi connectivity index (χ1n) is 9.12. The number of rotatable bonds is 10. The van der Waals surface area contributed by atoms with Gasteiger partial charge in [-0.1, -0.05) is 13.3 Å². The Balaban J connectivity index is 2.09. The van der Waals surface area contributed by atoms with Gasteiger partial charge in [0.2, 0.25) is 0 Å². The molecule has 6 nitrogen and oxygen atoms in total. The maximum absolute atomic E-state index is 5.56. The van der Waals surface area contributed by atoms with Gasteiger partial charge < -0.3 is 20.3 Å². The van der Waals surface area contributed by atoms with E-state index in [1.165, 1.54) is 6.42 Å². The molecule has 136 valence electrons. The number of ether oxygens (including phenoxy) is 1. The highest BCUT2D eigenvalue weighted by atomic mass is 16.5. The molecule has 1 aliphatic heterocycles. The van der Waals surface area contributed by atoms with E-state index in [4.69, 9.17) is 4.74 Å². The van der Waals surface area contributed by atoms with Crippen LogP contribution in [0.5, 0.6) is 0 Å². The van der Waals surface area contributed by atoms with Crippen molar-refractivity contribution in [1.82, 2.24) is 20.4 Å². The Hall–Kier alpha value is -0.850. The Morgan fingerprint density at radius 3 is 2.48 bits per heavy atom. The second-order valence-corrected chi connectivity index (χ2v) is 6.39. The zero-order chi connectivity index (χ0) is 16.9. The lowest BCUT2D eigenvalue weighted by Gasteiger charge is -2.36. The third-order valence-corrected chi connectivity index (χ3v) is 4.35. The van der Waals surface area contributed by atoms with Crippen LogP contribution in [-0.2, 0) is 4.74 Å². The van der Waals surface area contributed by atoms with Crippen LogP contribution in [0, 0.1) is 0 Å². The zero-order valence-electron chi connectivity index (χ0n) is 15.6. The number of hydrogen-bond acceptors (Lipinski definition) is 4. The Bertz CT molecular complexity index is 316. The number of nitrogens with zero attached hydrogens (tertiary/aromatic N) is 3. The van der Waals surface area contributed by atoms with Gasteiger partial charge >= 0.3 is 0 Å². The van der Waals surface area contributed by atoms with Gasteiger partial charge in [0.1, 0.15) is 0 Å². The average molecular weight is 328 g/mol. The summed E-state index contributed by atoms with van der Waals surface area (Å²) in [5.41, 5.74) is 0. The smallest absolute Gasteiger partial charge is 0.191 e. The van der Waals surface area contributed by atoms with Crippen LogP contribution < -0.4 is 10.6 Å². The summed E-state index contributed by atoms with van der Waals surface area (Å²) in [6.07, 6.45) is 3.36. The fourth-order valence-electron chi connectivity index (χ4n) is 2.59. The Kier molecular flexibility index (Phi) is 11.0. The van der Waals surface area contributed by atoms with E-state index in [0.717, 1.165) is 71.3 Å². The number of piperazine rings is 1. The zero-order valence-corrected chi connectivity index (χ0v) is 15.6. The van der Waals surface area contributed by atoms with Crippen molar-refractivity contribution in [3.05, 3.63) is 0 Å². The molecule has 1 atom stereocenters. The number of aliphatic imine (C=N–C) groups is 1. The van der Waals surface area contributed by atoms with Gasteiger partial charge in [-0.15, -0.1) is 0 Å². The van der Waals surface area contributed by atoms with E-state index in [1.54, 1.807) is 0 Å². The number of guanidine groups is 1. The number of nitrogens with one attached hydrogen (secondary N) is 2. The number of hydrogen-bond donors (Lipinski definition) is 2. The van der Waals surface area contributed by atoms with Crippen molar-refractivity contribution in [2.45, 2.75) is 39.2 Å². The molecule has 0 radical (unpaired) electrons. The molecule has 1 rings (SSSR count). The molecule has 0 bridgehead atoms. The maximum atomic E-state index is 5.56. The van der Waals surface area contributed by atoms with Crippen LogP contribution >= 0.6 is 0 Å². The van der Waals surface area contributed by atoms with Crippen molar-refractivity contribution in [2.75, 3.05) is 66.6 Å². The Labute approximate surface area is 142 Å². The number of unbranched alkanes of at least 4 members (excludes halogenated alkanes) is 1. The molecule has 1 fully saturated rings. The van der Waals surface area contributed by atoms with E-state index in [-0.39, 0.29) is 0 Å². The van der Waals surface area contributed by atoms with E-state index < -0.39 is 0 Å². The summed E-state index contributed by atoms with van der Waals surface area (Å²) in [6, 6.07) is 0.527. The molecular formula is C17H37N5O. The van der Waals surface area contributed by atoms with E-state index in [0.29, 0.717) is 6.04 Å². The van der Waals surface area contributed by atoms with Gasteiger partial charge in [0.05, 0.1) is 0 Å². The Morgan fingerprint density at radius 1 is 1.13 bits per heavy atom. The fourth-order valence-corrected chi connectivity index (χ4v) is 2.59. The second kappa shape index (κ2) is 12.6. The molecule has 0 aromatic rings. The standard InChI is InChI=1S/C17H37N5O/c1-5-6-13-23-14-7-8-19-17(18-3)20-15-16(2)22-11-9-21(4)10-12-22/h16H,5-15H2,1-4H3,(H2,18,19,20). The molecule has 1 unspecified atom stereocenters. The SMILES string of the molecule is CCCCOCCCNC(=NC)NCC(C)N1CCN(C)CC1. The second-order valence-electron chi connectivity index (χ2n) is 6.39. The van der Waals surface area contributed by atoms with Crippen molar-refractivity contribution < 1.29 is 4.74 Å². The van der Waals surface area contributed by atoms with Gasteiger partial charge in [0.25, 0.3) is 0 Å². The van der Waals surface area contributed by atoms with Crippen molar-refractivity contribution >= 4 is 5.96 Å². The van der Waals surface area contributed by atoms with Crippen LogP contribution in [0.15, 0.2) is 4.99 Å². The molecule has 1 heterocycles. The normalized spacial score (nSPS) is 18.9. The van der Waals surface area contributed by atoms with Gasteiger partial charge in [-0.25, -0.2) is 0 Å². The predicted octanol–water partition coefficient (Wildman–Crippen LogP) is 0.994. The number of likely N-dealkylation sites (N-methyl/N-ethyl adjacent to an activating group) is 1. The summed E-state index contributed by atoms with van der Waals surface area (Å²) in [6.45, 7) is 12.6. The van der Waals surface area contributed by atoms with Crippen molar-refractivity contribution in [2.24, 2.45) is 4.99 Å². The minimum absolute atomic E-state index is 0.527. The van der Waals surface area contributed by atoms with Gasteiger partial charge in [-0.2, -0.15) is 0 Å². The lowest BCUT2D eigenvalue weighted by molar-refractivity contribution is 0.120. The average Bonchev–Trinajstić information content (AvgIpc) is 2.57. The molecule has 1 saturated heterocycles. The molecule has 0 saturated carbocycles. The monoisotopic (exact) mass is 327 g/mol. The van der Waals surface area contributed by atoms with Crippen molar-refractivity contribution in [3.8, 4) is 0 Å². The van der Waals surface area contributed by atoms with Crippen LogP contribution in [-0.4, -0.2) is 88.4 Å². The molecule has 0 aliphatic carbocycles. The molecule has 1 aliphatic rings. The molecule has 0 aromatic heterocycles. The highest BCUT2D eigenvalue weighted by Crippen LogP contribution is 2.03. The summed E-state index contributed by atoms with van der Waals surface area (Å²) in [5.74, 6) is 0.888. The summed E-state index contributed by atoms with van der Waals surface area (Å²) in [4.78, 5) is 9.22. The van der Waals surface area contributed by atoms with Crippen LogP contribution in [0.2, 0.25) is 0 Å². The van der Waals surface area contributed by atoms with Crippen molar-refractivity contribution in [3.63, 3.8) is 0 Å². The summed E-state index contributed by atoms with van der Waals surface area (Å²) in [7, 11) is 4.02. The first-order valence-corrected chi connectivity index (χ1v) is 9.12. The van der Waals surface area contributed by atoms with E-state index in [9.17, 15) is 0 Å². The van der Waals surface area contributed by atoms with Crippen LogP contribution in [0.25, 0.3) is 0 Å². The molecule has 0 amide bonds. The third kappa shape index (κ3) is 9.13. The summed E-state index contributed by atoms with van der Waals surface area (Å²) >= 11 is 0. The predicted molar refractivity (Wildman–Crippen MR) is 98.2 cm³/mol.